The topological polar surface area (TPSA) is 77.8 Å². The summed E-state index contributed by atoms with van der Waals surface area (Å²) in [4.78, 5) is 10.4. The van der Waals surface area contributed by atoms with Crippen molar-refractivity contribution in [2.45, 2.75) is 31.5 Å². The molecule has 0 radical (unpaired) electrons. The van der Waals surface area contributed by atoms with Crippen LogP contribution in [0.2, 0.25) is 0 Å². The number of aliphatic hydroxyl groups excluding tert-OH is 2. The molecule has 11 heavy (non-hydrogen) atoms. The average molecular weight is 160 g/mol. The standard InChI is InChI=1S/C7H12O4/c8-4-1-2-6(9)5(3-4)7(10)11/h4-6,8-9H,1-3H2,(H,10,11). The first-order valence-corrected chi connectivity index (χ1v) is 3.70. The van der Waals surface area contributed by atoms with Crippen LogP contribution in [-0.4, -0.2) is 33.5 Å². The predicted molar refractivity (Wildman–Crippen MR) is 37.0 cm³/mol. The Morgan fingerprint density at radius 2 is 1.91 bits per heavy atom. The van der Waals surface area contributed by atoms with Gasteiger partial charge < -0.3 is 15.3 Å². The Labute approximate surface area is 64.5 Å². The summed E-state index contributed by atoms with van der Waals surface area (Å²) < 4.78 is 0. The van der Waals surface area contributed by atoms with Crippen LogP contribution in [0.5, 0.6) is 0 Å². The predicted octanol–water partition coefficient (Wildman–Crippen LogP) is -0.407. The minimum Gasteiger partial charge on any atom is -0.481 e. The monoisotopic (exact) mass is 160 g/mol. The van der Waals surface area contributed by atoms with Gasteiger partial charge in [0.2, 0.25) is 0 Å². The zero-order valence-corrected chi connectivity index (χ0v) is 6.10. The first-order chi connectivity index (χ1) is 5.11. The van der Waals surface area contributed by atoms with Gasteiger partial charge in [-0.1, -0.05) is 0 Å². The van der Waals surface area contributed by atoms with Gasteiger partial charge in [0.1, 0.15) is 0 Å². The molecule has 0 heterocycles. The van der Waals surface area contributed by atoms with E-state index in [9.17, 15) is 4.79 Å². The van der Waals surface area contributed by atoms with Crippen LogP contribution in [0.4, 0.5) is 0 Å². The van der Waals surface area contributed by atoms with E-state index in [1.54, 1.807) is 0 Å². The molecular weight excluding hydrogens is 148 g/mol. The molecule has 1 fully saturated rings. The summed E-state index contributed by atoms with van der Waals surface area (Å²) in [6.07, 6.45) is -0.269. The van der Waals surface area contributed by atoms with E-state index in [0.717, 1.165) is 0 Å². The van der Waals surface area contributed by atoms with Gasteiger partial charge in [0.25, 0.3) is 0 Å². The van der Waals surface area contributed by atoms with E-state index >= 15 is 0 Å². The third kappa shape index (κ3) is 1.91. The molecule has 1 aliphatic carbocycles. The van der Waals surface area contributed by atoms with Gasteiger partial charge in [-0.2, -0.15) is 0 Å². The van der Waals surface area contributed by atoms with E-state index in [2.05, 4.69) is 0 Å². The second kappa shape index (κ2) is 3.19. The Balaban J connectivity index is 2.54. The second-order valence-corrected chi connectivity index (χ2v) is 2.98. The molecule has 0 aromatic carbocycles. The number of hydrogen-bond donors (Lipinski definition) is 3. The third-order valence-electron chi connectivity index (χ3n) is 2.10. The summed E-state index contributed by atoms with van der Waals surface area (Å²) in [6.45, 7) is 0. The Morgan fingerprint density at radius 3 is 2.36 bits per heavy atom. The molecule has 3 N–H and O–H groups in total. The first kappa shape index (κ1) is 8.49. The average Bonchev–Trinajstić information content (AvgIpc) is 1.94. The molecule has 0 aromatic heterocycles. The van der Waals surface area contributed by atoms with Gasteiger partial charge in [-0.05, 0) is 19.3 Å². The Hall–Kier alpha value is -0.610. The number of hydrogen-bond acceptors (Lipinski definition) is 3. The molecule has 0 aromatic rings. The van der Waals surface area contributed by atoms with Crippen molar-refractivity contribution in [1.29, 1.82) is 0 Å². The number of carboxylic acids is 1. The van der Waals surface area contributed by atoms with Crippen LogP contribution in [0, 0.1) is 5.92 Å². The number of carboxylic acid groups (broad SMARTS) is 1. The van der Waals surface area contributed by atoms with Crippen LogP contribution in [0.25, 0.3) is 0 Å². The highest BCUT2D eigenvalue weighted by Gasteiger charge is 2.33. The van der Waals surface area contributed by atoms with Crippen LogP contribution in [-0.2, 0) is 4.79 Å². The molecule has 4 heteroatoms. The highest BCUT2D eigenvalue weighted by Crippen LogP contribution is 2.24. The lowest BCUT2D eigenvalue weighted by Gasteiger charge is -2.27. The van der Waals surface area contributed by atoms with E-state index in [0.29, 0.717) is 12.8 Å². The van der Waals surface area contributed by atoms with Crippen molar-refractivity contribution >= 4 is 5.97 Å². The normalized spacial score (nSPS) is 38.5. The van der Waals surface area contributed by atoms with Gasteiger partial charge in [-0.15, -0.1) is 0 Å². The molecule has 3 atom stereocenters. The van der Waals surface area contributed by atoms with E-state index < -0.39 is 24.1 Å². The Bertz CT molecular complexity index is 157. The summed E-state index contributed by atoms with van der Waals surface area (Å²) in [5.41, 5.74) is 0. The quantitative estimate of drug-likeness (QED) is 0.487. The van der Waals surface area contributed by atoms with Crippen molar-refractivity contribution in [2.75, 3.05) is 0 Å². The molecule has 64 valence electrons. The van der Waals surface area contributed by atoms with Gasteiger partial charge in [0.05, 0.1) is 18.1 Å². The van der Waals surface area contributed by atoms with Crippen molar-refractivity contribution in [3.63, 3.8) is 0 Å². The molecule has 1 rings (SSSR count). The molecule has 4 nitrogen and oxygen atoms in total. The molecule has 0 amide bonds. The number of rotatable bonds is 1. The maximum absolute atomic E-state index is 10.4. The lowest BCUT2D eigenvalue weighted by Crippen LogP contribution is -2.36. The number of aliphatic carboxylic acids is 1. The minimum atomic E-state index is -1.02. The van der Waals surface area contributed by atoms with Gasteiger partial charge >= 0.3 is 5.97 Å². The fourth-order valence-electron chi connectivity index (χ4n) is 1.40. The molecule has 1 saturated carbocycles. The Morgan fingerprint density at radius 1 is 1.27 bits per heavy atom. The molecule has 3 unspecified atom stereocenters. The molecular formula is C7H12O4. The highest BCUT2D eigenvalue weighted by molar-refractivity contribution is 5.70. The smallest absolute Gasteiger partial charge is 0.309 e. The zero-order valence-electron chi connectivity index (χ0n) is 6.10. The largest absolute Gasteiger partial charge is 0.481 e. The van der Waals surface area contributed by atoms with Crippen LogP contribution >= 0.6 is 0 Å². The summed E-state index contributed by atoms with van der Waals surface area (Å²) >= 11 is 0. The van der Waals surface area contributed by atoms with E-state index in [-0.39, 0.29) is 6.42 Å². The van der Waals surface area contributed by atoms with Crippen LogP contribution in [0.1, 0.15) is 19.3 Å². The molecule has 0 spiro atoms. The molecule has 0 bridgehead atoms. The third-order valence-corrected chi connectivity index (χ3v) is 2.10. The van der Waals surface area contributed by atoms with E-state index in [1.807, 2.05) is 0 Å². The SMILES string of the molecule is O=C(O)C1CC(O)CCC1O. The Kier molecular flexibility index (Phi) is 2.46. The zero-order chi connectivity index (χ0) is 8.43. The van der Waals surface area contributed by atoms with Crippen LogP contribution in [0.3, 0.4) is 0 Å². The van der Waals surface area contributed by atoms with E-state index in [1.165, 1.54) is 0 Å². The van der Waals surface area contributed by atoms with Crippen molar-refractivity contribution in [3.8, 4) is 0 Å². The summed E-state index contributed by atoms with van der Waals surface area (Å²) in [5, 5.41) is 26.8. The van der Waals surface area contributed by atoms with Gasteiger partial charge in [0.15, 0.2) is 0 Å². The van der Waals surface area contributed by atoms with Crippen molar-refractivity contribution < 1.29 is 20.1 Å². The number of aliphatic hydroxyl groups is 2. The van der Waals surface area contributed by atoms with Crippen LogP contribution < -0.4 is 0 Å². The van der Waals surface area contributed by atoms with Crippen molar-refractivity contribution in [3.05, 3.63) is 0 Å². The molecule has 0 aliphatic heterocycles. The van der Waals surface area contributed by atoms with E-state index in [4.69, 9.17) is 15.3 Å². The first-order valence-electron chi connectivity index (χ1n) is 3.70. The van der Waals surface area contributed by atoms with Crippen molar-refractivity contribution in [2.24, 2.45) is 5.92 Å². The fourth-order valence-corrected chi connectivity index (χ4v) is 1.40. The number of carbonyl (C=O) groups is 1. The molecule has 1 aliphatic rings. The molecule has 0 saturated heterocycles. The summed E-state index contributed by atoms with van der Waals surface area (Å²) in [6, 6.07) is 0. The second-order valence-electron chi connectivity index (χ2n) is 2.98. The minimum absolute atomic E-state index is 0.177. The van der Waals surface area contributed by atoms with Gasteiger partial charge in [-0.25, -0.2) is 0 Å². The fraction of sp³-hybridized carbons (Fsp3) is 0.857. The summed E-state index contributed by atoms with van der Waals surface area (Å²) in [5.74, 6) is -1.80. The van der Waals surface area contributed by atoms with Gasteiger partial charge in [-0.3, -0.25) is 4.79 Å². The highest BCUT2D eigenvalue weighted by atomic mass is 16.4. The maximum atomic E-state index is 10.4. The maximum Gasteiger partial charge on any atom is 0.309 e. The lowest BCUT2D eigenvalue weighted by atomic mass is 9.85. The van der Waals surface area contributed by atoms with Crippen molar-refractivity contribution in [1.82, 2.24) is 0 Å². The lowest BCUT2D eigenvalue weighted by molar-refractivity contribution is -0.149. The van der Waals surface area contributed by atoms with Gasteiger partial charge in [0, 0.05) is 0 Å². The summed E-state index contributed by atoms with van der Waals surface area (Å²) in [7, 11) is 0. The van der Waals surface area contributed by atoms with Crippen LogP contribution in [0.15, 0.2) is 0 Å².